The van der Waals surface area contributed by atoms with Crippen LogP contribution in [0.1, 0.15) is 44.1 Å². The van der Waals surface area contributed by atoms with Crippen molar-refractivity contribution >= 4 is 11.6 Å². The maximum atomic E-state index is 5.94. The van der Waals surface area contributed by atoms with Crippen LogP contribution in [0.25, 0.3) is 0 Å². The molecule has 2 heteroatoms. The number of hydrogen-bond donors (Lipinski definition) is 1. The highest BCUT2D eigenvalue weighted by Gasteiger charge is 2.13. The molecule has 0 aromatic heterocycles. The standard InChI is InChI=1S/C15H22ClN/c16-15-9-3-7-14(11-15)12-17-10-4-8-13-5-1-2-6-13/h3,7,9,11,13,17H,1-2,4-6,8,10,12H2. The molecule has 0 atom stereocenters. The predicted molar refractivity (Wildman–Crippen MR) is 74.4 cm³/mol. The van der Waals surface area contributed by atoms with Crippen LogP contribution in [-0.2, 0) is 6.54 Å². The van der Waals surface area contributed by atoms with Gasteiger partial charge in [-0.25, -0.2) is 0 Å². The number of benzene rings is 1. The molecule has 2 rings (SSSR count). The summed E-state index contributed by atoms with van der Waals surface area (Å²) in [4.78, 5) is 0. The fourth-order valence-corrected chi connectivity index (χ4v) is 2.91. The highest BCUT2D eigenvalue weighted by molar-refractivity contribution is 6.30. The fourth-order valence-electron chi connectivity index (χ4n) is 2.69. The molecule has 1 aliphatic rings. The van der Waals surface area contributed by atoms with E-state index in [-0.39, 0.29) is 0 Å². The van der Waals surface area contributed by atoms with Crippen molar-refractivity contribution in [2.45, 2.75) is 45.1 Å². The topological polar surface area (TPSA) is 12.0 Å². The molecule has 1 fully saturated rings. The Bertz CT molecular complexity index is 331. The molecule has 1 N–H and O–H groups in total. The highest BCUT2D eigenvalue weighted by Crippen LogP contribution is 2.28. The third kappa shape index (κ3) is 4.69. The van der Waals surface area contributed by atoms with E-state index in [1.54, 1.807) is 0 Å². The van der Waals surface area contributed by atoms with Gasteiger partial charge in [0.2, 0.25) is 0 Å². The van der Waals surface area contributed by atoms with Gasteiger partial charge in [-0.2, -0.15) is 0 Å². The summed E-state index contributed by atoms with van der Waals surface area (Å²) in [5.41, 5.74) is 1.28. The summed E-state index contributed by atoms with van der Waals surface area (Å²) in [6.45, 7) is 2.06. The Morgan fingerprint density at radius 3 is 2.82 bits per heavy atom. The average molecular weight is 252 g/mol. The maximum absolute atomic E-state index is 5.94. The minimum atomic E-state index is 0.829. The average Bonchev–Trinajstić information content (AvgIpc) is 2.82. The monoisotopic (exact) mass is 251 g/mol. The first-order valence-corrected chi connectivity index (χ1v) is 7.17. The van der Waals surface area contributed by atoms with Gasteiger partial charge in [-0.15, -0.1) is 0 Å². The molecule has 1 nitrogen and oxygen atoms in total. The van der Waals surface area contributed by atoms with Gasteiger partial charge in [-0.05, 0) is 43.0 Å². The summed E-state index contributed by atoms with van der Waals surface area (Å²) in [5, 5.41) is 4.32. The van der Waals surface area contributed by atoms with Crippen molar-refractivity contribution in [2.24, 2.45) is 5.92 Å². The van der Waals surface area contributed by atoms with Crippen LogP contribution in [0, 0.1) is 5.92 Å². The van der Waals surface area contributed by atoms with Crippen molar-refractivity contribution in [1.29, 1.82) is 0 Å². The lowest BCUT2D eigenvalue weighted by molar-refractivity contribution is 0.470. The summed E-state index contributed by atoms with van der Waals surface area (Å²) < 4.78 is 0. The van der Waals surface area contributed by atoms with Crippen LogP contribution in [0.2, 0.25) is 5.02 Å². The Balaban J connectivity index is 1.56. The summed E-state index contributed by atoms with van der Waals surface area (Å²) in [6, 6.07) is 8.09. The lowest BCUT2D eigenvalue weighted by Crippen LogP contribution is -2.15. The molecule has 0 amide bonds. The molecule has 17 heavy (non-hydrogen) atoms. The number of nitrogens with one attached hydrogen (secondary N) is 1. The van der Waals surface area contributed by atoms with Gasteiger partial charge in [0, 0.05) is 11.6 Å². The molecule has 1 aromatic carbocycles. The van der Waals surface area contributed by atoms with Gasteiger partial charge in [0.1, 0.15) is 0 Å². The normalized spacial score (nSPS) is 16.5. The largest absolute Gasteiger partial charge is 0.313 e. The molecular formula is C15H22ClN. The van der Waals surface area contributed by atoms with Crippen LogP contribution < -0.4 is 5.32 Å². The van der Waals surface area contributed by atoms with Gasteiger partial charge in [0.05, 0.1) is 0 Å². The summed E-state index contributed by atoms with van der Waals surface area (Å²) >= 11 is 5.94. The van der Waals surface area contributed by atoms with Crippen molar-refractivity contribution in [1.82, 2.24) is 5.32 Å². The quantitative estimate of drug-likeness (QED) is 0.739. The molecule has 1 aromatic rings. The smallest absolute Gasteiger partial charge is 0.0409 e. The number of halogens is 1. The first kappa shape index (κ1) is 12.9. The second-order valence-corrected chi connectivity index (χ2v) is 5.54. The Labute approximate surface area is 110 Å². The minimum absolute atomic E-state index is 0.829. The summed E-state index contributed by atoms with van der Waals surface area (Å²) in [6.07, 6.45) is 8.57. The molecule has 0 radical (unpaired) electrons. The second kappa shape index (κ2) is 7.03. The lowest BCUT2D eigenvalue weighted by atomic mass is 10.0. The van der Waals surface area contributed by atoms with E-state index in [2.05, 4.69) is 11.4 Å². The van der Waals surface area contributed by atoms with Gasteiger partial charge in [-0.3, -0.25) is 0 Å². The highest BCUT2D eigenvalue weighted by atomic mass is 35.5. The van der Waals surface area contributed by atoms with Crippen LogP contribution in [0.4, 0.5) is 0 Å². The second-order valence-electron chi connectivity index (χ2n) is 5.10. The minimum Gasteiger partial charge on any atom is -0.313 e. The molecule has 0 aliphatic heterocycles. The van der Waals surface area contributed by atoms with Crippen LogP contribution in [0.5, 0.6) is 0 Å². The number of rotatable bonds is 6. The van der Waals surface area contributed by atoms with Gasteiger partial charge in [-0.1, -0.05) is 49.4 Å². The number of hydrogen-bond acceptors (Lipinski definition) is 1. The summed E-state index contributed by atoms with van der Waals surface area (Å²) in [7, 11) is 0. The van der Waals surface area contributed by atoms with Crippen molar-refractivity contribution in [2.75, 3.05) is 6.54 Å². The van der Waals surface area contributed by atoms with E-state index in [9.17, 15) is 0 Å². The van der Waals surface area contributed by atoms with Gasteiger partial charge < -0.3 is 5.32 Å². The SMILES string of the molecule is Clc1cccc(CNCCCC2CCCC2)c1. The van der Waals surface area contributed by atoms with E-state index in [0.717, 1.165) is 24.0 Å². The van der Waals surface area contributed by atoms with E-state index in [1.807, 2.05) is 18.2 Å². The molecule has 0 spiro atoms. The molecule has 0 heterocycles. The molecule has 94 valence electrons. The van der Waals surface area contributed by atoms with E-state index < -0.39 is 0 Å². The van der Waals surface area contributed by atoms with Crippen LogP contribution >= 0.6 is 11.6 Å². The Kier molecular flexibility index (Phi) is 5.34. The van der Waals surface area contributed by atoms with E-state index in [1.165, 1.54) is 44.1 Å². The van der Waals surface area contributed by atoms with E-state index in [0.29, 0.717) is 0 Å². The fraction of sp³-hybridized carbons (Fsp3) is 0.600. The third-order valence-electron chi connectivity index (χ3n) is 3.66. The first-order valence-electron chi connectivity index (χ1n) is 6.80. The zero-order valence-electron chi connectivity index (χ0n) is 10.4. The molecule has 0 unspecified atom stereocenters. The Hall–Kier alpha value is -0.530. The molecule has 0 bridgehead atoms. The zero-order chi connectivity index (χ0) is 11.9. The zero-order valence-corrected chi connectivity index (χ0v) is 11.2. The Morgan fingerprint density at radius 2 is 2.06 bits per heavy atom. The van der Waals surface area contributed by atoms with E-state index in [4.69, 9.17) is 11.6 Å². The van der Waals surface area contributed by atoms with Crippen LogP contribution in [0.15, 0.2) is 24.3 Å². The molecule has 0 saturated heterocycles. The van der Waals surface area contributed by atoms with E-state index >= 15 is 0 Å². The maximum Gasteiger partial charge on any atom is 0.0409 e. The lowest BCUT2D eigenvalue weighted by Gasteiger charge is -2.09. The molecule has 1 saturated carbocycles. The van der Waals surface area contributed by atoms with Gasteiger partial charge in [0.15, 0.2) is 0 Å². The van der Waals surface area contributed by atoms with Crippen LogP contribution in [0.3, 0.4) is 0 Å². The Morgan fingerprint density at radius 1 is 1.24 bits per heavy atom. The van der Waals surface area contributed by atoms with Gasteiger partial charge >= 0.3 is 0 Å². The molecular weight excluding hydrogens is 230 g/mol. The van der Waals surface area contributed by atoms with Crippen LogP contribution in [-0.4, -0.2) is 6.54 Å². The van der Waals surface area contributed by atoms with Gasteiger partial charge in [0.25, 0.3) is 0 Å². The predicted octanol–water partition coefficient (Wildman–Crippen LogP) is 4.40. The van der Waals surface area contributed by atoms with Crippen molar-refractivity contribution in [3.63, 3.8) is 0 Å². The first-order chi connectivity index (χ1) is 8.34. The molecule has 1 aliphatic carbocycles. The van der Waals surface area contributed by atoms with Crippen molar-refractivity contribution < 1.29 is 0 Å². The van der Waals surface area contributed by atoms with Crippen molar-refractivity contribution in [3.05, 3.63) is 34.9 Å². The van der Waals surface area contributed by atoms with Crippen molar-refractivity contribution in [3.8, 4) is 0 Å². The third-order valence-corrected chi connectivity index (χ3v) is 3.89. The summed E-state index contributed by atoms with van der Waals surface area (Å²) in [5.74, 6) is 1.02.